The van der Waals surface area contributed by atoms with Gasteiger partial charge < -0.3 is 0 Å². The maximum Gasteiger partial charge on any atom is -0.147 e. The fourth-order valence-electron chi connectivity index (χ4n) is 5.01. The number of rotatable bonds is 6. The minimum Gasteiger partial charge on any atom is -0.147 e. The topological polar surface area (TPSA) is 18.5 Å². The van der Waals surface area contributed by atoms with Crippen molar-refractivity contribution in [3.05, 3.63) is 63.0 Å². The van der Waals surface area contributed by atoms with E-state index in [1.54, 1.807) is 0 Å². The molecule has 0 spiro atoms. The Labute approximate surface area is 177 Å². The maximum absolute atomic E-state index is 7.34. The van der Waals surface area contributed by atoms with Crippen LogP contribution in [0.25, 0.3) is 6.08 Å². The summed E-state index contributed by atoms with van der Waals surface area (Å²) in [5.74, 6) is 0. The first-order valence-corrected chi connectivity index (χ1v) is 25.7. The molecule has 1 aromatic rings. The van der Waals surface area contributed by atoms with Crippen molar-refractivity contribution in [1.82, 2.24) is 0 Å². The zero-order valence-electron chi connectivity index (χ0n) is 17.0. The van der Waals surface area contributed by atoms with Crippen molar-refractivity contribution in [3.8, 4) is 0 Å². The van der Waals surface area contributed by atoms with Crippen LogP contribution in [-0.2, 0) is 22.1 Å². The van der Waals surface area contributed by atoms with Crippen molar-refractivity contribution < 1.29 is 22.1 Å². The second-order valence-corrected chi connectivity index (χ2v) is 43.9. The molecule has 2 aliphatic carbocycles. The molecule has 0 radical (unpaired) electrons. The van der Waals surface area contributed by atoms with Gasteiger partial charge in [-0.25, -0.2) is 0 Å². The number of halogens is 2. The van der Waals surface area contributed by atoms with E-state index in [2.05, 4.69) is 92.7 Å². The first kappa shape index (κ1) is 25.3. The van der Waals surface area contributed by atoms with E-state index in [9.17, 15) is 0 Å². The molecule has 27 heavy (non-hydrogen) atoms. The summed E-state index contributed by atoms with van der Waals surface area (Å²) in [6.07, 6.45) is 12.3. The van der Waals surface area contributed by atoms with Crippen LogP contribution in [0.3, 0.4) is 0 Å². The van der Waals surface area contributed by atoms with Crippen LogP contribution in [0, 0.1) is 0 Å². The smallest absolute Gasteiger partial charge is 0.147 e. The molecule has 0 heterocycles. The van der Waals surface area contributed by atoms with E-state index in [4.69, 9.17) is 5.32 Å². The van der Waals surface area contributed by atoms with Gasteiger partial charge in [-0.2, -0.15) is 0 Å². The minimum atomic E-state index is -4.78. The Morgan fingerprint density at radius 1 is 1.19 bits per heavy atom. The van der Waals surface area contributed by atoms with Crippen molar-refractivity contribution in [2.45, 2.75) is 41.2 Å². The summed E-state index contributed by atoms with van der Waals surface area (Å²) in [4.78, 5) is 0. The van der Waals surface area contributed by atoms with Gasteiger partial charge in [0.15, 0.2) is 0 Å². The molecule has 2 nitrogen and oxygen atoms in total. The van der Waals surface area contributed by atoms with Crippen LogP contribution in [0.1, 0.15) is 28.1 Å². The number of hydrogen-bond donors (Lipinski definition) is 0. The van der Waals surface area contributed by atoms with Crippen molar-refractivity contribution in [2.24, 2.45) is 0 Å². The van der Waals surface area contributed by atoms with Gasteiger partial charge in [-0.15, -0.1) is 24.8 Å². The standard InChI is InChI=1S/C9H7.C5H5.C3H9OSi.C2H5O.CH3.2ClH.H2Si.Zr/c1-2-5-9-7-3-6-8(9)4-1;1-2-4-5-3-1;1-5(2,3)4;1-2-3;;;;;/h1-7H;1-3H,4H2;1-3H3;2H2,1H3;1H3;2*1H;1H2;/q;;2*-1;;;;;+2. The Morgan fingerprint density at radius 3 is 2.41 bits per heavy atom. The van der Waals surface area contributed by atoms with Crippen LogP contribution in [0.4, 0.5) is 0 Å². The molecule has 3 rings (SSSR count). The summed E-state index contributed by atoms with van der Waals surface area (Å²) >= 11 is -4.78. The van der Waals surface area contributed by atoms with Crippen LogP contribution >= 0.6 is 24.8 Å². The zero-order chi connectivity index (χ0) is 18.4. The normalized spacial score (nSPS) is 20.8. The molecule has 0 saturated carbocycles. The predicted octanol–water partition coefficient (Wildman–Crippen LogP) is 5.98. The SMILES string of the molecule is CC[O][Zr]([CH3])(=[SiH2])([O][Si](C)(C)C)([C]1=CC=CC1)[CH]1C=Cc2ccccc21.Cl.Cl. The van der Waals surface area contributed by atoms with Crippen molar-refractivity contribution >= 4 is 46.1 Å². The van der Waals surface area contributed by atoms with E-state index in [0.717, 1.165) is 6.42 Å². The molecule has 1 atom stereocenters. The van der Waals surface area contributed by atoms with Gasteiger partial charge in [-0.1, -0.05) is 0 Å². The van der Waals surface area contributed by atoms with Crippen LogP contribution in [0.2, 0.25) is 24.3 Å². The van der Waals surface area contributed by atoms with Gasteiger partial charge in [0.2, 0.25) is 0 Å². The van der Waals surface area contributed by atoms with Gasteiger partial charge in [-0.05, 0) is 0 Å². The van der Waals surface area contributed by atoms with Gasteiger partial charge in [0.1, 0.15) is 0 Å². The van der Waals surface area contributed by atoms with Crippen LogP contribution in [0.15, 0.2) is 51.9 Å². The molecule has 1 unspecified atom stereocenters. The molecular formula is C20H33Cl2O2Si2Zr. The van der Waals surface area contributed by atoms with E-state index in [0.29, 0.717) is 6.61 Å². The number of fused-ring (bicyclic) bond motifs is 1. The Bertz CT molecular complexity index is 901. The van der Waals surface area contributed by atoms with Crippen molar-refractivity contribution in [3.63, 3.8) is 0 Å². The monoisotopic (exact) mass is 521 g/mol. The first-order valence-electron chi connectivity index (χ1n) is 9.29. The minimum absolute atomic E-state index is 0. The molecule has 7 heteroatoms. The second kappa shape index (κ2) is 7.83. The number of allylic oxidation sites excluding steroid dienone is 5. The maximum atomic E-state index is 7.34. The van der Waals surface area contributed by atoms with E-state index in [1.165, 1.54) is 14.4 Å². The Morgan fingerprint density at radius 2 is 1.85 bits per heavy atom. The summed E-state index contributed by atoms with van der Waals surface area (Å²) in [7, 11) is -1.86. The van der Waals surface area contributed by atoms with E-state index < -0.39 is 25.1 Å². The van der Waals surface area contributed by atoms with E-state index in [-0.39, 0.29) is 28.4 Å². The molecule has 0 saturated heterocycles. The predicted molar refractivity (Wildman–Crippen MR) is 125 cm³/mol. The van der Waals surface area contributed by atoms with Crippen LogP contribution in [-0.4, -0.2) is 21.8 Å². The van der Waals surface area contributed by atoms with Gasteiger partial charge >= 0.3 is 154 Å². The van der Waals surface area contributed by atoms with Gasteiger partial charge in [0, 0.05) is 0 Å². The van der Waals surface area contributed by atoms with Gasteiger partial charge in [-0.3, -0.25) is 0 Å². The van der Waals surface area contributed by atoms with Crippen LogP contribution in [0.5, 0.6) is 0 Å². The van der Waals surface area contributed by atoms with Crippen molar-refractivity contribution in [2.75, 3.05) is 6.61 Å². The summed E-state index contributed by atoms with van der Waals surface area (Å²) in [5.41, 5.74) is 2.68. The third-order valence-corrected chi connectivity index (χ3v) is 40.0. The molecule has 0 amide bonds. The Balaban J connectivity index is 0.00000182. The summed E-state index contributed by atoms with van der Waals surface area (Å²) in [6.45, 7) is 11.8. The molecule has 151 valence electrons. The molecular weight excluding hydrogens is 491 g/mol. The number of hydrogen-bond acceptors (Lipinski definition) is 2. The van der Waals surface area contributed by atoms with E-state index >= 15 is 0 Å². The summed E-state index contributed by atoms with van der Waals surface area (Å²) < 4.78 is 18.3. The number of benzene rings is 1. The van der Waals surface area contributed by atoms with Crippen molar-refractivity contribution in [1.29, 1.82) is 0 Å². The van der Waals surface area contributed by atoms with Gasteiger partial charge in [0.05, 0.1) is 0 Å². The first-order chi connectivity index (χ1) is 11.5. The summed E-state index contributed by atoms with van der Waals surface area (Å²) in [6, 6.07) is 8.73. The molecule has 1 aromatic carbocycles. The quantitative estimate of drug-likeness (QED) is 0.427. The zero-order valence-corrected chi connectivity index (χ0v) is 23.5. The van der Waals surface area contributed by atoms with Crippen LogP contribution < -0.4 is 0 Å². The third-order valence-electron chi connectivity index (χ3n) is 5.74. The Kier molecular flexibility index (Phi) is 7.33. The molecule has 0 aliphatic heterocycles. The fraction of sp³-hybridized carbons (Fsp3) is 0.400. The average molecular weight is 524 g/mol. The Hall–Kier alpha value is 0.257. The van der Waals surface area contributed by atoms with E-state index in [1.807, 2.05) is 0 Å². The molecule has 0 bridgehead atoms. The molecule has 2 aliphatic rings. The molecule has 0 fully saturated rings. The summed E-state index contributed by atoms with van der Waals surface area (Å²) in [5, 5.41) is 0. The fourth-order valence-corrected chi connectivity index (χ4v) is 48.7. The van der Waals surface area contributed by atoms with Gasteiger partial charge in [0.25, 0.3) is 0 Å². The molecule has 0 aromatic heterocycles. The second-order valence-electron chi connectivity index (χ2n) is 9.07. The third kappa shape index (κ3) is 4.12. The largest absolute Gasteiger partial charge is 0.147 e. The molecule has 0 N–H and O–H groups in total. The average Bonchev–Trinajstić information content (AvgIpc) is 3.16.